The van der Waals surface area contributed by atoms with Gasteiger partial charge in [-0.05, 0) is 18.4 Å². The molecular formula is C14H17NO2. The van der Waals surface area contributed by atoms with Gasteiger partial charge in [0.2, 0.25) is 5.91 Å². The largest absolute Gasteiger partial charge is 0.368 e. The Morgan fingerprint density at radius 1 is 1.18 bits per heavy atom. The van der Waals surface area contributed by atoms with Crippen molar-refractivity contribution in [3.63, 3.8) is 0 Å². The maximum atomic E-state index is 11.7. The smallest absolute Gasteiger partial charge is 0.246 e. The number of hydrogen-bond donors (Lipinski definition) is 1. The van der Waals surface area contributed by atoms with Gasteiger partial charge in [0.25, 0.3) is 0 Å². The zero-order valence-corrected chi connectivity index (χ0v) is 9.76. The number of nitrogens with one attached hydrogen (secondary N) is 1. The Morgan fingerprint density at radius 3 is 2.82 bits per heavy atom. The van der Waals surface area contributed by atoms with Gasteiger partial charge in [-0.25, -0.2) is 0 Å². The fraction of sp³-hybridized carbons (Fsp3) is 0.500. The van der Waals surface area contributed by atoms with E-state index in [4.69, 9.17) is 4.74 Å². The Kier molecular flexibility index (Phi) is 2.85. The molecule has 1 saturated heterocycles. The third kappa shape index (κ3) is 2.07. The Labute approximate surface area is 101 Å². The zero-order chi connectivity index (χ0) is 11.7. The zero-order valence-electron chi connectivity index (χ0n) is 9.76. The van der Waals surface area contributed by atoms with Crippen LogP contribution in [0.2, 0.25) is 0 Å². The summed E-state index contributed by atoms with van der Waals surface area (Å²) in [5, 5.41) is 3.10. The monoisotopic (exact) mass is 231 g/mol. The summed E-state index contributed by atoms with van der Waals surface area (Å²) in [6.07, 6.45) is 3.68. The van der Waals surface area contributed by atoms with Crippen molar-refractivity contribution < 1.29 is 9.53 Å². The van der Waals surface area contributed by atoms with Crippen molar-refractivity contribution in [1.29, 1.82) is 0 Å². The van der Waals surface area contributed by atoms with Crippen molar-refractivity contribution in [1.82, 2.24) is 5.32 Å². The van der Waals surface area contributed by atoms with E-state index in [2.05, 4.69) is 17.4 Å². The number of ether oxygens (including phenoxy) is 1. The van der Waals surface area contributed by atoms with Crippen LogP contribution in [0.4, 0.5) is 0 Å². The molecule has 1 N–H and O–H groups in total. The lowest BCUT2D eigenvalue weighted by Gasteiger charge is -2.25. The van der Waals surface area contributed by atoms with E-state index in [1.54, 1.807) is 0 Å². The first-order chi connectivity index (χ1) is 8.34. The highest BCUT2D eigenvalue weighted by atomic mass is 16.5. The predicted octanol–water partition coefficient (Wildman–Crippen LogP) is 2.04. The number of rotatable bonds is 1. The minimum atomic E-state index is 0.00764. The molecule has 3 nitrogen and oxygen atoms in total. The summed E-state index contributed by atoms with van der Waals surface area (Å²) in [6.45, 7) is 0.213. The number of hydrogen-bond acceptors (Lipinski definition) is 2. The average molecular weight is 231 g/mol. The van der Waals surface area contributed by atoms with Gasteiger partial charge in [-0.3, -0.25) is 4.79 Å². The maximum absolute atomic E-state index is 11.7. The van der Waals surface area contributed by atoms with Crippen LogP contribution >= 0.6 is 0 Å². The summed E-state index contributed by atoms with van der Waals surface area (Å²) in [4.78, 5) is 11.7. The molecule has 0 radical (unpaired) electrons. The Morgan fingerprint density at radius 2 is 2.00 bits per heavy atom. The summed E-state index contributed by atoms with van der Waals surface area (Å²) in [7, 11) is 0. The van der Waals surface area contributed by atoms with E-state index in [1.807, 2.05) is 18.2 Å². The Hall–Kier alpha value is -1.35. The molecule has 1 saturated carbocycles. The first-order valence-electron chi connectivity index (χ1n) is 6.30. The number of carbonyl (C=O) groups is 1. The minimum Gasteiger partial charge on any atom is -0.368 e. The highest BCUT2D eigenvalue weighted by Gasteiger charge is 2.38. The summed E-state index contributed by atoms with van der Waals surface area (Å²) >= 11 is 0. The van der Waals surface area contributed by atoms with Crippen LogP contribution < -0.4 is 5.32 Å². The molecule has 1 heterocycles. The quantitative estimate of drug-likeness (QED) is 0.803. The van der Waals surface area contributed by atoms with Crippen molar-refractivity contribution >= 4 is 5.91 Å². The molecule has 1 aliphatic carbocycles. The molecule has 17 heavy (non-hydrogen) atoms. The van der Waals surface area contributed by atoms with Crippen molar-refractivity contribution in [3.05, 3.63) is 35.9 Å². The normalized spacial score (nSPS) is 32.7. The van der Waals surface area contributed by atoms with Gasteiger partial charge in [0, 0.05) is 5.92 Å². The molecule has 1 aromatic carbocycles. The van der Waals surface area contributed by atoms with E-state index in [0.29, 0.717) is 5.92 Å². The molecule has 0 spiro atoms. The molecule has 0 bridgehead atoms. The molecule has 2 fully saturated rings. The molecule has 1 amide bonds. The van der Waals surface area contributed by atoms with E-state index >= 15 is 0 Å². The van der Waals surface area contributed by atoms with Crippen LogP contribution in [-0.4, -0.2) is 18.6 Å². The summed E-state index contributed by atoms with van der Waals surface area (Å²) in [6, 6.07) is 10.4. The van der Waals surface area contributed by atoms with Crippen molar-refractivity contribution in [3.8, 4) is 0 Å². The summed E-state index contributed by atoms with van der Waals surface area (Å²) in [5.41, 5.74) is 1.20. The van der Waals surface area contributed by atoms with Crippen LogP contribution in [0.1, 0.15) is 30.9 Å². The topological polar surface area (TPSA) is 38.3 Å². The molecule has 1 aliphatic heterocycles. The van der Waals surface area contributed by atoms with Gasteiger partial charge in [-0.15, -0.1) is 0 Å². The van der Waals surface area contributed by atoms with Gasteiger partial charge < -0.3 is 10.1 Å². The summed E-state index contributed by atoms with van der Waals surface area (Å²) < 4.78 is 5.68. The number of carbonyl (C=O) groups excluding carboxylic acids is 1. The van der Waals surface area contributed by atoms with E-state index in [1.165, 1.54) is 12.0 Å². The van der Waals surface area contributed by atoms with Crippen molar-refractivity contribution in [2.45, 2.75) is 31.4 Å². The molecular weight excluding hydrogens is 214 g/mol. The van der Waals surface area contributed by atoms with Crippen molar-refractivity contribution in [2.24, 2.45) is 5.92 Å². The fourth-order valence-electron chi connectivity index (χ4n) is 3.04. The van der Waals surface area contributed by atoms with Gasteiger partial charge in [0.05, 0.1) is 12.1 Å². The number of amides is 1. The highest BCUT2D eigenvalue weighted by molar-refractivity contribution is 5.78. The van der Waals surface area contributed by atoms with Crippen LogP contribution in [0.15, 0.2) is 30.3 Å². The second-order valence-corrected chi connectivity index (χ2v) is 4.90. The Bertz CT molecular complexity index is 404. The van der Waals surface area contributed by atoms with Gasteiger partial charge >= 0.3 is 0 Å². The summed E-state index contributed by atoms with van der Waals surface area (Å²) in [5.74, 6) is 0.442. The minimum absolute atomic E-state index is 0.00764. The van der Waals surface area contributed by atoms with Crippen LogP contribution in [0.5, 0.6) is 0 Å². The van der Waals surface area contributed by atoms with Crippen LogP contribution in [0.25, 0.3) is 0 Å². The molecule has 90 valence electrons. The van der Waals surface area contributed by atoms with E-state index in [-0.39, 0.29) is 24.7 Å². The number of fused-ring (bicyclic) bond motifs is 1. The predicted molar refractivity (Wildman–Crippen MR) is 64.4 cm³/mol. The molecule has 0 unspecified atom stereocenters. The average Bonchev–Trinajstić information content (AvgIpc) is 2.77. The molecule has 3 atom stereocenters. The molecule has 0 aromatic heterocycles. The standard InChI is InChI=1S/C14H17NO2/c16-13-9-17-12-8-4-7-11(12)14(15-13)10-5-2-1-3-6-10/h1-3,5-6,11-12,14H,4,7-9H2,(H,15,16)/t11-,12+,14-/m1/s1. The Balaban J connectivity index is 1.91. The highest BCUT2D eigenvalue weighted by Crippen LogP contribution is 2.38. The molecule has 2 aliphatic rings. The fourth-order valence-corrected chi connectivity index (χ4v) is 3.04. The van der Waals surface area contributed by atoms with Gasteiger partial charge in [0.15, 0.2) is 0 Å². The van der Waals surface area contributed by atoms with E-state index in [9.17, 15) is 4.79 Å². The lowest BCUT2D eigenvalue weighted by Crippen LogP contribution is -2.33. The second kappa shape index (κ2) is 4.49. The van der Waals surface area contributed by atoms with Crippen LogP contribution in [-0.2, 0) is 9.53 Å². The van der Waals surface area contributed by atoms with Crippen LogP contribution in [0.3, 0.4) is 0 Å². The van der Waals surface area contributed by atoms with Crippen LogP contribution in [0, 0.1) is 5.92 Å². The van der Waals surface area contributed by atoms with Gasteiger partial charge in [-0.2, -0.15) is 0 Å². The first kappa shape index (κ1) is 10.8. The first-order valence-corrected chi connectivity index (χ1v) is 6.30. The SMILES string of the molecule is O=C1CO[C@H]2CCC[C@H]2[C@@H](c2ccccc2)N1. The molecule has 1 aromatic rings. The van der Waals surface area contributed by atoms with Crippen molar-refractivity contribution in [2.75, 3.05) is 6.61 Å². The molecule has 3 rings (SSSR count). The van der Waals surface area contributed by atoms with E-state index in [0.717, 1.165) is 12.8 Å². The lowest BCUT2D eigenvalue weighted by atomic mass is 9.90. The second-order valence-electron chi connectivity index (χ2n) is 4.90. The lowest BCUT2D eigenvalue weighted by molar-refractivity contribution is -0.126. The number of benzene rings is 1. The third-order valence-corrected chi connectivity index (χ3v) is 3.84. The van der Waals surface area contributed by atoms with Gasteiger partial charge in [0.1, 0.15) is 6.61 Å². The maximum Gasteiger partial charge on any atom is 0.246 e. The third-order valence-electron chi connectivity index (χ3n) is 3.84. The van der Waals surface area contributed by atoms with Gasteiger partial charge in [-0.1, -0.05) is 36.8 Å². The molecule has 3 heteroatoms. The van der Waals surface area contributed by atoms with E-state index < -0.39 is 0 Å².